The Hall–Kier alpha value is -2.14. The summed E-state index contributed by atoms with van der Waals surface area (Å²) in [5.41, 5.74) is 0. The third-order valence-electron chi connectivity index (χ3n) is 2.56. The van der Waals surface area contributed by atoms with E-state index in [2.05, 4.69) is 15.3 Å². The minimum absolute atomic E-state index is 0.612. The minimum Gasteiger partial charge on any atom is -0.497 e. The van der Waals surface area contributed by atoms with E-state index >= 15 is 0 Å². The number of hydrogen-bond donors (Lipinski definition) is 1. The van der Waals surface area contributed by atoms with Gasteiger partial charge in [0.1, 0.15) is 17.3 Å². The van der Waals surface area contributed by atoms with E-state index in [1.807, 2.05) is 31.3 Å². The first kappa shape index (κ1) is 13.3. The molecule has 0 unspecified atom stereocenters. The Morgan fingerprint density at radius 2 is 1.84 bits per heavy atom. The number of benzene rings is 1. The first-order chi connectivity index (χ1) is 9.31. The second-order valence-electron chi connectivity index (χ2n) is 3.97. The number of aromatic nitrogens is 2. The molecule has 1 N–H and O–H groups in total. The summed E-state index contributed by atoms with van der Waals surface area (Å²) in [5.74, 6) is 2.86. The molecule has 100 valence electrons. The van der Waals surface area contributed by atoms with Crippen molar-refractivity contribution in [3.63, 3.8) is 0 Å². The summed E-state index contributed by atoms with van der Waals surface area (Å²) in [6.07, 6.45) is 4.16. The Kier molecular flexibility index (Phi) is 4.69. The molecular formula is C14H17N3O2. The van der Waals surface area contributed by atoms with Crippen LogP contribution in [0.4, 0.5) is 0 Å². The summed E-state index contributed by atoms with van der Waals surface area (Å²) in [4.78, 5) is 8.50. The van der Waals surface area contributed by atoms with Crippen molar-refractivity contribution in [3.8, 4) is 17.2 Å². The molecule has 2 aromatic rings. The second kappa shape index (κ2) is 6.70. The van der Waals surface area contributed by atoms with Gasteiger partial charge in [-0.2, -0.15) is 0 Å². The molecule has 0 spiro atoms. The molecule has 5 heteroatoms. The maximum absolute atomic E-state index is 5.66. The van der Waals surface area contributed by atoms with Crippen molar-refractivity contribution in [1.29, 1.82) is 0 Å². The number of rotatable bonds is 6. The van der Waals surface area contributed by atoms with E-state index < -0.39 is 0 Å². The molecule has 0 aliphatic carbocycles. The summed E-state index contributed by atoms with van der Waals surface area (Å²) < 4.78 is 10.8. The third-order valence-corrected chi connectivity index (χ3v) is 2.56. The topological polar surface area (TPSA) is 56.3 Å². The van der Waals surface area contributed by atoms with Gasteiger partial charge in [-0.15, -0.1) is 0 Å². The van der Waals surface area contributed by atoms with Crippen LogP contribution in [0.3, 0.4) is 0 Å². The van der Waals surface area contributed by atoms with E-state index in [0.29, 0.717) is 11.5 Å². The van der Waals surface area contributed by atoms with E-state index in [1.165, 1.54) is 0 Å². The van der Waals surface area contributed by atoms with Gasteiger partial charge in [-0.05, 0) is 19.2 Å². The van der Waals surface area contributed by atoms with Gasteiger partial charge in [0.2, 0.25) is 0 Å². The van der Waals surface area contributed by atoms with Crippen LogP contribution in [-0.4, -0.2) is 30.7 Å². The summed E-state index contributed by atoms with van der Waals surface area (Å²) in [5, 5.41) is 3.06. The number of nitrogens with one attached hydrogen (secondary N) is 1. The number of methoxy groups -OCH3 is 1. The Morgan fingerprint density at radius 3 is 2.53 bits per heavy atom. The molecule has 0 saturated heterocycles. The largest absolute Gasteiger partial charge is 0.497 e. The van der Waals surface area contributed by atoms with Crippen molar-refractivity contribution in [3.05, 3.63) is 42.5 Å². The molecule has 0 radical (unpaired) electrons. The molecule has 0 atom stereocenters. The lowest BCUT2D eigenvalue weighted by molar-refractivity contribution is 0.408. The normalized spacial score (nSPS) is 10.2. The van der Waals surface area contributed by atoms with Gasteiger partial charge in [-0.3, -0.25) is 0 Å². The number of ether oxygens (including phenoxy) is 2. The number of nitrogens with zero attached hydrogens (tertiary/aromatic N) is 2. The fraction of sp³-hybridized carbons (Fsp3) is 0.286. The highest BCUT2D eigenvalue weighted by Crippen LogP contribution is 2.23. The van der Waals surface area contributed by atoms with Gasteiger partial charge in [0.05, 0.1) is 19.5 Å². The van der Waals surface area contributed by atoms with E-state index in [4.69, 9.17) is 9.47 Å². The van der Waals surface area contributed by atoms with Crippen LogP contribution in [0.5, 0.6) is 17.2 Å². The summed E-state index contributed by atoms with van der Waals surface area (Å²) >= 11 is 0. The Bertz CT molecular complexity index is 514. The van der Waals surface area contributed by atoms with Crippen LogP contribution in [-0.2, 0) is 6.42 Å². The van der Waals surface area contributed by atoms with Gasteiger partial charge in [0.25, 0.3) is 0 Å². The van der Waals surface area contributed by atoms with E-state index in [0.717, 1.165) is 24.5 Å². The fourth-order valence-electron chi connectivity index (χ4n) is 1.56. The smallest absolute Gasteiger partial charge is 0.164 e. The average Bonchev–Trinajstić information content (AvgIpc) is 2.47. The summed E-state index contributed by atoms with van der Waals surface area (Å²) in [7, 11) is 3.53. The predicted molar refractivity (Wildman–Crippen MR) is 72.7 cm³/mol. The Morgan fingerprint density at radius 1 is 1.11 bits per heavy atom. The van der Waals surface area contributed by atoms with Gasteiger partial charge >= 0.3 is 0 Å². The van der Waals surface area contributed by atoms with Crippen LogP contribution < -0.4 is 14.8 Å². The van der Waals surface area contributed by atoms with Crippen LogP contribution >= 0.6 is 0 Å². The van der Waals surface area contributed by atoms with Crippen molar-refractivity contribution in [2.45, 2.75) is 6.42 Å². The third kappa shape index (κ3) is 3.93. The van der Waals surface area contributed by atoms with Gasteiger partial charge in [-0.1, -0.05) is 6.07 Å². The molecule has 0 bridgehead atoms. The maximum atomic E-state index is 5.66. The molecule has 19 heavy (non-hydrogen) atoms. The van der Waals surface area contributed by atoms with E-state index in [1.54, 1.807) is 19.5 Å². The molecule has 1 aromatic heterocycles. The van der Waals surface area contributed by atoms with Crippen molar-refractivity contribution < 1.29 is 9.47 Å². The zero-order valence-corrected chi connectivity index (χ0v) is 11.1. The van der Waals surface area contributed by atoms with Gasteiger partial charge in [0, 0.05) is 19.0 Å². The monoisotopic (exact) mass is 259 g/mol. The molecular weight excluding hydrogens is 242 g/mol. The van der Waals surface area contributed by atoms with Crippen LogP contribution in [0.25, 0.3) is 0 Å². The quantitative estimate of drug-likeness (QED) is 0.860. The van der Waals surface area contributed by atoms with Crippen LogP contribution in [0.15, 0.2) is 36.7 Å². The first-order valence-corrected chi connectivity index (χ1v) is 6.09. The Labute approximate surface area is 112 Å². The summed E-state index contributed by atoms with van der Waals surface area (Å²) in [6, 6.07) is 7.41. The van der Waals surface area contributed by atoms with Gasteiger partial charge < -0.3 is 14.8 Å². The van der Waals surface area contributed by atoms with Gasteiger partial charge in [0.15, 0.2) is 5.75 Å². The molecule has 0 aliphatic heterocycles. The maximum Gasteiger partial charge on any atom is 0.164 e. The van der Waals surface area contributed by atoms with Crippen molar-refractivity contribution in [2.75, 3.05) is 20.7 Å². The second-order valence-corrected chi connectivity index (χ2v) is 3.97. The number of hydrogen-bond acceptors (Lipinski definition) is 5. The zero-order valence-electron chi connectivity index (χ0n) is 11.1. The van der Waals surface area contributed by atoms with Crippen molar-refractivity contribution in [2.24, 2.45) is 0 Å². The van der Waals surface area contributed by atoms with Gasteiger partial charge in [-0.25, -0.2) is 9.97 Å². The minimum atomic E-state index is 0.612. The zero-order chi connectivity index (χ0) is 13.5. The SMILES string of the molecule is CNCCc1ncc(Oc2cccc(OC)c2)cn1. The average molecular weight is 259 g/mol. The van der Waals surface area contributed by atoms with E-state index in [-0.39, 0.29) is 0 Å². The first-order valence-electron chi connectivity index (χ1n) is 6.09. The highest BCUT2D eigenvalue weighted by Gasteiger charge is 2.01. The standard InChI is InChI=1S/C14H17N3O2/c1-15-7-6-14-16-9-13(10-17-14)19-12-5-3-4-11(8-12)18-2/h3-5,8-10,15H,6-7H2,1-2H3. The molecule has 5 nitrogen and oxygen atoms in total. The number of likely N-dealkylation sites (N-methyl/N-ethyl adjacent to an activating group) is 1. The molecule has 2 rings (SSSR count). The molecule has 1 heterocycles. The highest BCUT2D eigenvalue weighted by molar-refractivity contribution is 5.35. The lowest BCUT2D eigenvalue weighted by Gasteiger charge is -2.07. The Balaban J connectivity index is 2.02. The van der Waals surface area contributed by atoms with Crippen LogP contribution in [0.2, 0.25) is 0 Å². The van der Waals surface area contributed by atoms with Crippen molar-refractivity contribution >= 4 is 0 Å². The molecule has 0 aliphatic rings. The highest BCUT2D eigenvalue weighted by atomic mass is 16.5. The van der Waals surface area contributed by atoms with Crippen LogP contribution in [0.1, 0.15) is 5.82 Å². The lowest BCUT2D eigenvalue weighted by Crippen LogP contribution is -2.12. The molecule has 1 aromatic carbocycles. The molecule has 0 saturated carbocycles. The lowest BCUT2D eigenvalue weighted by atomic mass is 10.3. The molecule has 0 fully saturated rings. The van der Waals surface area contributed by atoms with Crippen molar-refractivity contribution in [1.82, 2.24) is 15.3 Å². The van der Waals surface area contributed by atoms with Crippen LogP contribution in [0, 0.1) is 0 Å². The fourth-order valence-corrected chi connectivity index (χ4v) is 1.56. The molecule has 0 amide bonds. The summed E-state index contributed by atoms with van der Waals surface area (Å²) in [6.45, 7) is 0.857. The van der Waals surface area contributed by atoms with E-state index in [9.17, 15) is 0 Å². The predicted octanol–water partition coefficient (Wildman–Crippen LogP) is 2.04.